The molecule has 10 heteroatoms. The predicted octanol–water partition coefficient (Wildman–Crippen LogP) is 6.09. The lowest BCUT2D eigenvalue weighted by molar-refractivity contribution is -0.114. The summed E-state index contributed by atoms with van der Waals surface area (Å²) in [7, 11) is 3.24. The molecule has 2 aromatic carbocycles. The van der Waals surface area contributed by atoms with E-state index in [0.717, 1.165) is 28.1 Å². The molecule has 3 aromatic heterocycles. The molecule has 0 atom stereocenters. The summed E-state index contributed by atoms with van der Waals surface area (Å²) in [6.45, 7) is 3.78. The predicted molar refractivity (Wildman–Crippen MR) is 157 cm³/mol. The number of anilines is 2. The monoisotopic (exact) mass is 553 g/mol. The van der Waals surface area contributed by atoms with Crippen LogP contribution < -0.4 is 15.4 Å². The van der Waals surface area contributed by atoms with E-state index in [2.05, 4.69) is 20.6 Å². The number of methoxy groups -OCH3 is 2. The van der Waals surface area contributed by atoms with E-state index < -0.39 is 0 Å². The third kappa shape index (κ3) is 5.83. The summed E-state index contributed by atoms with van der Waals surface area (Å²) in [6.07, 6.45) is 1.57. The minimum atomic E-state index is -0.338. The van der Waals surface area contributed by atoms with Gasteiger partial charge in [0, 0.05) is 48.3 Å². The molecule has 0 radical (unpaired) electrons. The highest BCUT2D eigenvalue weighted by atomic mass is 32.1. The van der Waals surface area contributed by atoms with E-state index in [9.17, 15) is 9.59 Å². The summed E-state index contributed by atoms with van der Waals surface area (Å²) in [4.78, 5) is 39.2. The SMILES string of the molecule is COCc1ccc(OC)c(-c2cc(C)ncc2C(=O)Nc2nc3ccc(-c4ccc(NC(C)=O)cc4)nc3s2)c1. The second-order valence-electron chi connectivity index (χ2n) is 9.09. The maximum Gasteiger partial charge on any atom is 0.259 e. The summed E-state index contributed by atoms with van der Waals surface area (Å²) in [6, 6.07) is 18.8. The molecule has 202 valence electrons. The van der Waals surface area contributed by atoms with Crippen LogP contribution in [0.3, 0.4) is 0 Å². The largest absolute Gasteiger partial charge is 0.496 e. The zero-order valence-electron chi connectivity index (χ0n) is 22.4. The van der Waals surface area contributed by atoms with Crippen LogP contribution in [-0.2, 0) is 16.1 Å². The maximum atomic E-state index is 13.5. The Morgan fingerprint density at radius 1 is 0.925 bits per heavy atom. The molecular formula is C30H27N5O4S. The maximum absolute atomic E-state index is 13.5. The first kappa shape index (κ1) is 26.9. The fourth-order valence-electron chi connectivity index (χ4n) is 4.31. The van der Waals surface area contributed by atoms with Gasteiger partial charge < -0.3 is 14.8 Å². The lowest BCUT2D eigenvalue weighted by atomic mass is 9.97. The molecule has 2 N–H and O–H groups in total. The van der Waals surface area contributed by atoms with Crippen LogP contribution in [0.4, 0.5) is 10.8 Å². The Labute approximate surface area is 235 Å². The quantitative estimate of drug-likeness (QED) is 0.239. The molecule has 3 heterocycles. The van der Waals surface area contributed by atoms with Crippen molar-refractivity contribution in [2.45, 2.75) is 20.5 Å². The van der Waals surface area contributed by atoms with Gasteiger partial charge in [0.25, 0.3) is 5.91 Å². The first-order chi connectivity index (χ1) is 19.3. The highest BCUT2D eigenvalue weighted by Gasteiger charge is 2.19. The molecule has 0 spiro atoms. The first-order valence-corrected chi connectivity index (χ1v) is 13.3. The molecule has 2 amide bonds. The van der Waals surface area contributed by atoms with Gasteiger partial charge in [0.15, 0.2) is 5.13 Å². The van der Waals surface area contributed by atoms with E-state index in [1.54, 1.807) is 20.4 Å². The number of carbonyl (C=O) groups is 2. The van der Waals surface area contributed by atoms with Crippen molar-refractivity contribution >= 4 is 44.3 Å². The van der Waals surface area contributed by atoms with Gasteiger partial charge in [-0.2, -0.15) is 0 Å². The number of nitrogens with one attached hydrogen (secondary N) is 2. The van der Waals surface area contributed by atoms with Crippen molar-refractivity contribution in [1.29, 1.82) is 0 Å². The number of thiazole rings is 1. The Morgan fingerprint density at radius 2 is 1.73 bits per heavy atom. The number of hydrogen-bond acceptors (Lipinski definition) is 8. The lowest BCUT2D eigenvalue weighted by Crippen LogP contribution is -2.14. The third-order valence-electron chi connectivity index (χ3n) is 6.13. The zero-order chi connectivity index (χ0) is 28.2. The summed E-state index contributed by atoms with van der Waals surface area (Å²) in [5.41, 5.74) is 6.64. The molecule has 0 aliphatic carbocycles. The number of benzene rings is 2. The number of amides is 2. The second-order valence-corrected chi connectivity index (χ2v) is 10.1. The number of hydrogen-bond donors (Lipinski definition) is 2. The summed E-state index contributed by atoms with van der Waals surface area (Å²) in [5, 5.41) is 6.11. The summed E-state index contributed by atoms with van der Waals surface area (Å²) >= 11 is 1.29. The highest BCUT2D eigenvalue weighted by Crippen LogP contribution is 2.35. The Hall–Kier alpha value is -4.67. The number of nitrogens with zero attached hydrogens (tertiary/aromatic N) is 3. The molecule has 0 saturated heterocycles. The minimum Gasteiger partial charge on any atom is -0.496 e. The van der Waals surface area contributed by atoms with Gasteiger partial charge in [-0.1, -0.05) is 29.5 Å². The number of aromatic nitrogens is 3. The van der Waals surface area contributed by atoms with Gasteiger partial charge in [0.2, 0.25) is 5.91 Å². The number of fused-ring (bicyclic) bond motifs is 1. The molecule has 9 nitrogen and oxygen atoms in total. The molecule has 5 aromatic rings. The number of carbonyl (C=O) groups excluding carboxylic acids is 2. The molecule has 0 bridgehead atoms. The van der Waals surface area contributed by atoms with Crippen molar-refractivity contribution in [3.8, 4) is 28.1 Å². The fraction of sp³-hybridized carbons (Fsp3) is 0.167. The normalized spacial score (nSPS) is 10.9. The molecule has 40 heavy (non-hydrogen) atoms. The van der Waals surface area contributed by atoms with Gasteiger partial charge in [-0.15, -0.1) is 0 Å². The van der Waals surface area contributed by atoms with Gasteiger partial charge in [-0.25, -0.2) is 9.97 Å². The fourth-order valence-corrected chi connectivity index (χ4v) is 5.14. The zero-order valence-corrected chi connectivity index (χ0v) is 23.3. The molecule has 0 aliphatic heterocycles. The first-order valence-electron chi connectivity index (χ1n) is 12.4. The van der Waals surface area contributed by atoms with Gasteiger partial charge in [0.1, 0.15) is 16.1 Å². The average Bonchev–Trinajstić information content (AvgIpc) is 3.34. The lowest BCUT2D eigenvalue weighted by Gasteiger charge is -2.14. The Balaban J connectivity index is 1.43. The standard InChI is InChI=1S/C30H27N5O4S/c1-17-13-22(23-14-19(16-38-3)5-12-27(23)39-4)24(15-31-17)28(37)35-30-34-26-11-10-25(33-29(26)40-30)20-6-8-21(9-7-20)32-18(2)36/h5-15H,16H2,1-4H3,(H,32,36)(H,34,35,37). The van der Waals surface area contributed by atoms with E-state index in [1.165, 1.54) is 18.3 Å². The van der Waals surface area contributed by atoms with Crippen LogP contribution in [0.25, 0.3) is 32.7 Å². The average molecular weight is 554 g/mol. The van der Waals surface area contributed by atoms with E-state index >= 15 is 0 Å². The van der Waals surface area contributed by atoms with Crippen LogP contribution in [-0.4, -0.2) is 41.0 Å². The van der Waals surface area contributed by atoms with Gasteiger partial charge >= 0.3 is 0 Å². The van der Waals surface area contributed by atoms with Crippen molar-refractivity contribution in [2.75, 3.05) is 24.9 Å². The highest BCUT2D eigenvalue weighted by molar-refractivity contribution is 7.22. The third-order valence-corrected chi connectivity index (χ3v) is 7.01. The van der Waals surface area contributed by atoms with Gasteiger partial charge in [0.05, 0.1) is 25.0 Å². The summed E-state index contributed by atoms with van der Waals surface area (Å²) in [5.74, 6) is 0.176. The van der Waals surface area contributed by atoms with E-state index in [-0.39, 0.29) is 11.8 Å². The molecule has 0 unspecified atom stereocenters. The van der Waals surface area contributed by atoms with Crippen molar-refractivity contribution in [3.63, 3.8) is 0 Å². The van der Waals surface area contributed by atoms with Crippen LogP contribution in [0.15, 0.2) is 66.9 Å². The van der Waals surface area contributed by atoms with Crippen molar-refractivity contribution in [1.82, 2.24) is 15.0 Å². The van der Waals surface area contributed by atoms with Crippen molar-refractivity contribution in [2.24, 2.45) is 0 Å². The van der Waals surface area contributed by atoms with E-state index in [4.69, 9.17) is 14.5 Å². The van der Waals surface area contributed by atoms with E-state index in [0.29, 0.717) is 44.6 Å². The molecule has 5 rings (SSSR count). The van der Waals surface area contributed by atoms with Crippen LogP contribution >= 0.6 is 11.3 Å². The van der Waals surface area contributed by atoms with Crippen LogP contribution in [0, 0.1) is 6.92 Å². The Bertz CT molecular complexity index is 1720. The second kappa shape index (κ2) is 11.6. The number of ether oxygens (including phenoxy) is 2. The van der Waals surface area contributed by atoms with Crippen molar-refractivity contribution < 1.29 is 19.1 Å². The van der Waals surface area contributed by atoms with Crippen molar-refractivity contribution in [3.05, 3.63) is 83.7 Å². The van der Waals surface area contributed by atoms with Crippen LogP contribution in [0.2, 0.25) is 0 Å². The van der Waals surface area contributed by atoms with Gasteiger partial charge in [-0.05, 0) is 55.0 Å². The molecule has 0 aliphatic rings. The van der Waals surface area contributed by atoms with Crippen LogP contribution in [0.1, 0.15) is 28.5 Å². The Morgan fingerprint density at radius 3 is 2.45 bits per heavy atom. The number of rotatable bonds is 8. The minimum absolute atomic E-state index is 0.126. The molecule has 0 saturated carbocycles. The Kier molecular flexibility index (Phi) is 7.81. The van der Waals surface area contributed by atoms with Crippen LogP contribution in [0.5, 0.6) is 5.75 Å². The molecular weight excluding hydrogens is 526 g/mol. The summed E-state index contributed by atoms with van der Waals surface area (Å²) < 4.78 is 10.9. The smallest absolute Gasteiger partial charge is 0.259 e. The number of pyridine rings is 2. The van der Waals surface area contributed by atoms with Gasteiger partial charge in [-0.3, -0.25) is 19.9 Å². The van der Waals surface area contributed by atoms with E-state index in [1.807, 2.05) is 67.6 Å². The number of aryl methyl sites for hydroxylation is 1. The molecule has 0 fully saturated rings. The topological polar surface area (TPSA) is 115 Å².